The van der Waals surface area contributed by atoms with Gasteiger partial charge in [0, 0.05) is 94.6 Å². The van der Waals surface area contributed by atoms with Crippen LogP contribution in [0.2, 0.25) is 0 Å². The molecule has 0 bridgehead atoms. The Kier molecular flexibility index (Phi) is 37.1. The molecule has 0 radical (unpaired) electrons. The van der Waals surface area contributed by atoms with Gasteiger partial charge in [0.25, 0.3) is 0 Å². The maximum atomic E-state index is 5.62. The Morgan fingerprint density at radius 1 is 0.248 bits per heavy atom. The topological polar surface area (TPSA) is 81.0 Å². The van der Waals surface area contributed by atoms with Crippen LogP contribution in [0.15, 0.2) is 279 Å². The first-order valence-corrected chi connectivity index (χ1v) is 41.4. The van der Waals surface area contributed by atoms with E-state index >= 15 is 0 Å². The van der Waals surface area contributed by atoms with Crippen LogP contribution in [-0.4, -0.2) is 15.0 Å². The van der Waals surface area contributed by atoms with Gasteiger partial charge in [-0.1, -0.05) is 393 Å². The molecule has 15 rings (SSSR count). The first-order chi connectivity index (χ1) is 55.5. The number of para-hydroxylation sites is 3. The molecule has 3 unspecified atom stereocenters. The summed E-state index contributed by atoms with van der Waals surface area (Å²) >= 11 is 0. The number of rotatable bonds is 22. The summed E-state index contributed by atoms with van der Waals surface area (Å²) in [6.45, 7) is 40.3. The predicted molar refractivity (Wildman–Crippen MR) is 508 cm³/mol. The molecular formula is C112H119Hf3N6-9. The van der Waals surface area contributed by atoms with E-state index in [1.165, 1.54) is 94.0 Å². The van der Waals surface area contributed by atoms with E-state index in [0.717, 1.165) is 84.1 Å². The van der Waals surface area contributed by atoms with Crippen LogP contribution >= 0.6 is 0 Å². The van der Waals surface area contributed by atoms with Crippen LogP contribution in [0, 0.1) is 68.2 Å². The van der Waals surface area contributed by atoms with E-state index < -0.39 is 0 Å². The molecule has 0 saturated heterocycles. The molecule has 3 atom stereocenters. The van der Waals surface area contributed by atoms with Crippen LogP contribution in [0.3, 0.4) is 0 Å². The van der Waals surface area contributed by atoms with E-state index in [-0.39, 0.29) is 118 Å². The Bertz CT molecular complexity index is 5780. The second-order valence-corrected chi connectivity index (χ2v) is 33.0. The van der Waals surface area contributed by atoms with Crippen molar-refractivity contribution in [3.8, 4) is 33.8 Å². The molecule has 12 aromatic carbocycles. The fraction of sp³-hybridized carbons (Fsp3) is 0.250. The van der Waals surface area contributed by atoms with Gasteiger partial charge in [0.05, 0.1) is 0 Å². The zero-order valence-corrected chi connectivity index (χ0v) is 85.8. The number of aromatic nitrogens is 3. The second kappa shape index (κ2) is 45.3. The smallest absolute Gasteiger partial charge is 0.0196 e. The normalized spacial score (nSPS) is 11.7. The quantitative estimate of drug-likeness (QED) is 0.0501. The van der Waals surface area contributed by atoms with Gasteiger partial charge in [0.1, 0.15) is 0 Å². The first kappa shape index (κ1) is 99.0. The summed E-state index contributed by atoms with van der Waals surface area (Å²) < 4.78 is 0. The van der Waals surface area contributed by atoms with Crippen molar-refractivity contribution in [1.82, 2.24) is 15.0 Å². The number of nitrogens with zero attached hydrogens (tertiary/aromatic N) is 6. The summed E-state index contributed by atoms with van der Waals surface area (Å²) in [6.07, 6.45) is 0. The molecule has 6 nitrogen and oxygen atoms in total. The van der Waals surface area contributed by atoms with Crippen molar-refractivity contribution in [2.24, 2.45) is 0 Å². The van der Waals surface area contributed by atoms with Crippen LogP contribution in [0.5, 0.6) is 0 Å². The van der Waals surface area contributed by atoms with Crippen molar-refractivity contribution in [2.75, 3.05) is 0 Å². The van der Waals surface area contributed by atoms with Crippen molar-refractivity contribution in [2.45, 2.75) is 184 Å². The molecule has 3 heterocycles. The average Bonchev–Trinajstić information content (AvgIpc) is 0.772. The number of aryl methyl sites for hydroxylation is 4. The van der Waals surface area contributed by atoms with Crippen LogP contribution in [0.4, 0.5) is 17.1 Å². The molecule has 9 heteroatoms. The van der Waals surface area contributed by atoms with Gasteiger partial charge in [-0.2, -0.15) is 0 Å². The molecule has 0 N–H and O–H groups in total. The summed E-state index contributed by atoms with van der Waals surface area (Å²) in [4.78, 5) is 15.8. The van der Waals surface area contributed by atoms with Crippen LogP contribution < -0.4 is 0 Å². The Balaban J connectivity index is 0.000000244. The van der Waals surface area contributed by atoms with Gasteiger partial charge in [0.2, 0.25) is 0 Å². The molecule has 618 valence electrons. The summed E-state index contributed by atoms with van der Waals surface area (Å²) in [5.41, 5.74) is 29.6. The average molecular weight is 2080 g/mol. The Labute approximate surface area is 782 Å². The molecule has 0 amide bonds. The largest absolute Gasteiger partial charge is 0.673 e. The maximum Gasteiger partial charge on any atom is 0.0196 e. The fourth-order valence-electron chi connectivity index (χ4n) is 16.4. The molecule has 15 aromatic rings. The number of hydrogen-bond donors (Lipinski definition) is 0. The van der Waals surface area contributed by atoms with Crippen molar-refractivity contribution < 1.29 is 77.5 Å². The summed E-state index contributed by atoms with van der Waals surface area (Å²) in [5, 5.41) is 23.8. The third kappa shape index (κ3) is 22.8. The number of benzene rings is 12. The minimum atomic E-state index is -0.226. The number of fused-ring (bicyclic) bond motifs is 3. The molecule has 0 aliphatic rings. The predicted octanol–water partition coefficient (Wildman–Crippen LogP) is 32.9. The molecule has 0 aliphatic heterocycles. The van der Waals surface area contributed by atoms with Gasteiger partial charge in [-0.3, -0.25) is 0 Å². The fourth-order valence-corrected chi connectivity index (χ4v) is 16.4. The Morgan fingerprint density at radius 2 is 0.504 bits per heavy atom. The van der Waals surface area contributed by atoms with Gasteiger partial charge >= 0.3 is 0 Å². The van der Waals surface area contributed by atoms with Crippen molar-refractivity contribution >= 4 is 49.4 Å². The zero-order chi connectivity index (χ0) is 81.1. The summed E-state index contributed by atoms with van der Waals surface area (Å²) in [5.74, 6) is 2.60. The number of pyridine rings is 3. The molecule has 0 spiro atoms. The van der Waals surface area contributed by atoms with E-state index in [9.17, 15) is 0 Å². The Morgan fingerprint density at radius 3 is 0.826 bits per heavy atom. The van der Waals surface area contributed by atoms with E-state index in [4.69, 9.17) is 30.9 Å². The van der Waals surface area contributed by atoms with E-state index in [1.54, 1.807) is 0 Å². The molecule has 0 saturated carbocycles. The van der Waals surface area contributed by atoms with Gasteiger partial charge in [-0.05, 0) is 145 Å². The summed E-state index contributed by atoms with van der Waals surface area (Å²) in [7, 11) is 0. The third-order valence-electron chi connectivity index (χ3n) is 22.3. The molecule has 121 heavy (non-hydrogen) atoms. The van der Waals surface area contributed by atoms with Gasteiger partial charge < -0.3 is 53.2 Å². The van der Waals surface area contributed by atoms with Crippen LogP contribution in [0.25, 0.3) is 82.0 Å². The monoisotopic (exact) mass is 2090 g/mol. The van der Waals surface area contributed by atoms with Gasteiger partial charge in [0.15, 0.2) is 0 Å². The zero-order valence-electron chi connectivity index (χ0n) is 75.0. The summed E-state index contributed by atoms with van der Waals surface area (Å²) in [6, 6.07) is 108. The SMILES string of the molecule is CC(C)c1ccccc1C([N-]c1c(C(C)C)cccc1C(C)C)c1cccc(-c2[c-]ccc3ccccc23)n1.Cc1cc(C)c(C([N-]c2c(C(C)C)cccc2C(C)C)c2cccc(-c3[c-]ccc4ccccc34)n2)c(C)c1.Cc1ccccc1C([N-]c1c(C(C)C)cccc1C(C)C)c1cccc(-c2[c-]ccc3ccccc23)n1.[CH3-].[CH3-].[CH3-].[Hf].[Hf].[Hf]. The second-order valence-electron chi connectivity index (χ2n) is 33.0. The van der Waals surface area contributed by atoms with Gasteiger partial charge in [-0.25, -0.2) is 0 Å². The molecule has 0 aliphatic carbocycles. The van der Waals surface area contributed by atoms with Crippen LogP contribution in [0.1, 0.15) is 251 Å². The Hall–Kier alpha value is -9.12. The van der Waals surface area contributed by atoms with Crippen molar-refractivity contribution in [1.29, 1.82) is 0 Å². The maximum absolute atomic E-state index is 5.62. The van der Waals surface area contributed by atoms with E-state index in [1.807, 2.05) is 18.2 Å². The van der Waals surface area contributed by atoms with E-state index in [0.29, 0.717) is 41.4 Å². The minimum absolute atomic E-state index is 0. The van der Waals surface area contributed by atoms with Crippen LogP contribution in [-0.2, 0) is 77.5 Å². The van der Waals surface area contributed by atoms with Gasteiger partial charge in [-0.15, -0.1) is 105 Å². The first-order valence-electron chi connectivity index (χ1n) is 41.4. The van der Waals surface area contributed by atoms with Crippen molar-refractivity contribution in [3.63, 3.8) is 0 Å². The minimum Gasteiger partial charge on any atom is -0.673 e. The molecular weight excluding hydrogens is 1960 g/mol. The van der Waals surface area contributed by atoms with Crippen molar-refractivity contribution in [3.05, 3.63) is 430 Å². The van der Waals surface area contributed by atoms with E-state index in [2.05, 4.69) is 404 Å². The molecule has 3 aromatic heterocycles. The third-order valence-corrected chi connectivity index (χ3v) is 22.3. The molecule has 0 fully saturated rings. The number of hydrogen-bond acceptors (Lipinski definition) is 3. The standard InChI is InChI=1S/2C37H38N2.C35H34N2.3CH3.3Hf/c1-23(2)29-16-11-17-30(24(3)4)36(29)39-37(35-26(6)21-25(5)22-27(35)7)34-20-12-19-33(38-34)32-18-10-14-28-13-8-9-15-31(28)32;1-24(2)28-16-9-10-18-33(28)37(39-36-29(25(3)4)19-12-20-30(36)26(5)6)35-23-13-22-34(38-35)32-21-11-15-27-14-7-8-17-31(27)32;1-23(2)27-18-11-19-28(24(3)4)34(27)37-35(29-16-8-6-13-25(29)5)33-22-12-21-32(36-33)31-20-10-15-26-14-7-9-17-30(26)31;;;;;;/h8-17,19-24,37H,1-7H3;7-20,22-26,37H,1-6H3;6-19,21-24,35H,1-5H3;3*1H3;;;/q3*-2;3*-1;;;.